The van der Waals surface area contributed by atoms with E-state index in [1.165, 1.54) is 12.3 Å². The fourth-order valence-electron chi connectivity index (χ4n) is 2.28. The van der Waals surface area contributed by atoms with Crippen molar-refractivity contribution in [3.8, 4) is 0 Å². The molecule has 0 aliphatic carbocycles. The van der Waals surface area contributed by atoms with Gasteiger partial charge in [0, 0.05) is 18.3 Å². The Kier molecular flexibility index (Phi) is 4.70. The van der Waals surface area contributed by atoms with Crippen molar-refractivity contribution in [2.24, 2.45) is 0 Å². The molecule has 0 unspecified atom stereocenters. The van der Waals surface area contributed by atoms with E-state index >= 15 is 0 Å². The second-order valence-electron chi connectivity index (χ2n) is 5.38. The summed E-state index contributed by atoms with van der Waals surface area (Å²) in [6.45, 7) is 0. The van der Waals surface area contributed by atoms with Crippen LogP contribution in [0.2, 0.25) is 0 Å². The number of halogens is 2. The lowest BCUT2D eigenvalue weighted by atomic mass is 10.2. The molecule has 126 valence electrons. The molecule has 0 aliphatic heterocycles. The maximum Gasteiger partial charge on any atom is 0.255 e. The van der Waals surface area contributed by atoms with Gasteiger partial charge < -0.3 is 10.2 Å². The van der Waals surface area contributed by atoms with E-state index in [4.69, 9.17) is 0 Å². The number of hydrogen-bond acceptors (Lipinski definition) is 3. The zero-order chi connectivity index (χ0) is 17.8. The number of anilines is 3. The first-order valence-corrected chi connectivity index (χ1v) is 7.56. The van der Waals surface area contributed by atoms with Crippen molar-refractivity contribution in [2.75, 3.05) is 17.3 Å². The van der Waals surface area contributed by atoms with Crippen LogP contribution in [-0.4, -0.2) is 17.9 Å². The van der Waals surface area contributed by atoms with Gasteiger partial charge in [0.05, 0.1) is 11.9 Å². The molecule has 25 heavy (non-hydrogen) atoms. The van der Waals surface area contributed by atoms with Crippen LogP contribution < -0.4 is 10.2 Å². The predicted molar refractivity (Wildman–Crippen MR) is 93.1 cm³/mol. The van der Waals surface area contributed by atoms with Crippen LogP contribution in [0.1, 0.15) is 10.4 Å². The average molecular weight is 339 g/mol. The number of nitrogens with zero attached hydrogens (tertiary/aromatic N) is 2. The number of para-hydroxylation sites is 1. The summed E-state index contributed by atoms with van der Waals surface area (Å²) in [4.78, 5) is 18.3. The molecule has 3 aromatic rings. The Labute approximate surface area is 143 Å². The second-order valence-corrected chi connectivity index (χ2v) is 5.38. The molecule has 1 N–H and O–H groups in total. The van der Waals surface area contributed by atoms with Crippen LogP contribution in [0.5, 0.6) is 0 Å². The quantitative estimate of drug-likeness (QED) is 0.767. The highest BCUT2D eigenvalue weighted by atomic mass is 19.2. The van der Waals surface area contributed by atoms with Crippen molar-refractivity contribution in [3.63, 3.8) is 0 Å². The summed E-state index contributed by atoms with van der Waals surface area (Å²) in [6.07, 6.45) is 1.51. The van der Waals surface area contributed by atoms with Crippen LogP contribution in [0.3, 0.4) is 0 Å². The summed E-state index contributed by atoms with van der Waals surface area (Å²) in [6, 6.07) is 16.2. The lowest BCUT2D eigenvalue weighted by Crippen LogP contribution is -2.14. The Hall–Kier alpha value is -3.28. The highest BCUT2D eigenvalue weighted by Crippen LogP contribution is 2.22. The monoisotopic (exact) mass is 339 g/mol. The fourth-order valence-corrected chi connectivity index (χ4v) is 2.28. The van der Waals surface area contributed by atoms with Gasteiger partial charge in [-0.25, -0.2) is 13.8 Å². The molecule has 3 rings (SSSR count). The first-order valence-electron chi connectivity index (χ1n) is 7.56. The van der Waals surface area contributed by atoms with E-state index in [0.717, 1.165) is 17.8 Å². The third-order valence-electron chi connectivity index (χ3n) is 3.67. The molecule has 0 fully saturated rings. The summed E-state index contributed by atoms with van der Waals surface area (Å²) >= 11 is 0. The van der Waals surface area contributed by atoms with Gasteiger partial charge >= 0.3 is 0 Å². The number of aromatic nitrogens is 1. The highest BCUT2D eigenvalue weighted by molar-refractivity contribution is 6.04. The van der Waals surface area contributed by atoms with Crippen LogP contribution >= 0.6 is 0 Å². The summed E-state index contributed by atoms with van der Waals surface area (Å²) in [5.74, 6) is -1.89. The van der Waals surface area contributed by atoms with Gasteiger partial charge in [-0.3, -0.25) is 4.79 Å². The zero-order valence-electron chi connectivity index (χ0n) is 13.4. The van der Waals surface area contributed by atoms with E-state index in [0.29, 0.717) is 11.5 Å². The average Bonchev–Trinajstić information content (AvgIpc) is 2.64. The summed E-state index contributed by atoms with van der Waals surface area (Å²) in [5, 5.41) is 2.60. The Bertz CT molecular complexity index is 883. The van der Waals surface area contributed by atoms with Crippen molar-refractivity contribution >= 4 is 23.1 Å². The molecule has 1 aromatic heterocycles. The molecular formula is C19H15F2N3O. The van der Waals surface area contributed by atoms with Gasteiger partial charge in [-0.2, -0.15) is 0 Å². The second kappa shape index (κ2) is 7.09. The van der Waals surface area contributed by atoms with Crippen LogP contribution in [-0.2, 0) is 0 Å². The number of amides is 1. The largest absolute Gasteiger partial charge is 0.329 e. The van der Waals surface area contributed by atoms with Crippen molar-refractivity contribution in [1.29, 1.82) is 0 Å². The van der Waals surface area contributed by atoms with E-state index in [1.807, 2.05) is 42.3 Å². The Morgan fingerprint density at radius 1 is 1.00 bits per heavy atom. The molecule has 2 aromatic carbocycles. The number of rotatable bonds is 4. The maximum absolute atomic E-state index is 13.2. The van der Waals surface area contributed by atoms with Gasteiger partial charge in [-0.1, -0.05) is 18.2 Å². The number of carbonyl (C=O) groups is 1. The first-order chi connectivity index (χ1) is 12.0. The molecule has 0 spiro atoms. The van der Waals surface area contributed by atoms with E-state index in [2.05, 4.69) is 10.3 Å². The van der Waals surface area contributed by atoms with Crippen LogP contribution in [0.15, 0.2) is 66.9 Å². The van der Waals surface area contributed by atoms with E-state index < -0.39 is 17.5 Å². The molecule has 0 aliphatic rings. The summed E-state index contributed by atoms with van der Waals surface area (Å²) < 4.78 is 26.1. The molecule has 1 amide bonds. The SMILES string of the molecule is CN(c1ccccc1)c1ccc(NC(=O)c2ccc(F)c(F)c2)cn1. The van der Waals surface area contributed by atoms with Gasteiger partial charge in [0.25, 0.3) is 5.91 Å². The number of nitrogens with one attached hydrogen (secondary N) is 1. The summed E-state index contributed by atoms with van der Waals surface area (Å²) in [7, 11) is 1.89. The van der Waals surface area contributed by atoms with E-state index in [9.17, 15) is 13.6 Å². The van der Waals surface area contributed by atoms with Crippen LogP contribution in [0, 0.1) is 11.6 Å². The maximum atomic E-state index is 13.2. The third-order valence-corrected chi connectivity index (χ3v) is 3.67. The molecular weight excluding hydrogens is 324 g/mol. The van der Waals surface area contributed by atoms with Crippen LogP contribution in [0.25, 0.3) is 0 Å². The lowest BCUT2D eigenvalue weighted by molar-refractivity contribution is 0.102. The standard InChI is InChI=1S/C19H15F2N3O/c1-24(15-5-3-2-4-6-15)18-10-8-14(12-22-18)23-19(25)13-7-9-16(20)17(21)11-13/h2-12H,1H3,(H,23,25). The molecule has 0 bridgehead atoms. The van der Waals surface area contributed by atoms with Gasteiger partial charge in [0.15, 0.2) is 11.6 Å². The number of hydrogen-bond donors (Lipinski definition) is 1. The minimum absolute atomic E-state index is 0.0318. The summed E-state index contributed by atoms with van der Waals surface area (Å²) in [5.41, 5.74) is 1.47. The van der Waals surface area contributed by atoms with Gasteiger partial charge in [0.1, 0.15) is 5.82 Å². The van der Waals surface area contributed by atoms with E-state index in [-0.39, 0.29) is 5.56 Å². The van der Waals surface area contributed by atoms with Gasteiger partial charge in [-0.15, -0.1) is 0 Å². The molecule has 4 nitrogen and oxygen atoms in total. The topological polar surface area (TPSA) is 45.2 Å². The molecule has 6 heteroatoms. The van der Waals surface area contributed by atoms with Crippen molar-refractivity contribution in [1.82, 2.24) is 4.98 Å². The van der Waals surface area contributed by atoms with Gasteiger partial charge in [0.2, 0.25) is 0 Å². The van der Waals surface area contributed by atoms with E-state index in [1.54, 1.807) is 12.1 Å². The molecule has 0 radical (unpaired) electrons. The Morgan fingerprint density at radius 2 is 1.76 bits per heavy atom. The van der Waals surface area contributed by atoms with Crippen molar-refractivity contribution < 1.29 is 13.6 Å². The normalized spacial score (nSPS) is 10.4. The zero-order valence-corrected chi connectivity index (χ0v) is 13.4. The molecule has 0 saturated heterocycles. The fraction of sp³-hybridized carbons (Fsp3) is 0.0526. The Balaban J connectivity index is 1.72. The predicted octanol–water partition coefficient (Wildman–Crippen LogP) is 4.38. The van der Waals surface area contributed by atoms with Gasteiger partial charge in [-0.05, 0) is 42.5 Å². The minimum Gasteiger partial charge on any atom is -0.329 e. The molecule has 0 saturated carbocycles. The number of pyridine rings is 1. The molecule has 1 heterocycles. The third kappa shape index (κ3) is 3.80. The van der Waals surface area contributed by atoms with Crippen molar-refractivity contribution in [3.05, 3.63) is 84.1 Å². The Morgan fingerprint density at radius 3 is 2.40 bits per heavy atom. The number of carbonyl (C=O) groups excluding carboxylic acids is 1. The minimum atomic E-state index is -1.06. The molecule has 0 atom stereocenters. The van der Waals surface area contributed by atoms with Crippen molar-refractivity contribution in [2.45, 2.75) is 0 Å². The van der Waals surface area contributed by atoms with Crippen LogP contribution in [0.4, 0.5) is 26.0 Å². The smallest absolute Gasteiger partial charge is 0.255 e. The first kappa shape index (κ1) is 16.6. The highest BCUT2D eigenvalue weighted by Gasteiger charge is 2.11. The lowest BCUT2D eigenvalue weighted by Gasteiger charge is -2.18. The number of benzene rings is 2.